The molecule has 3 aliphatic heterocycles. The summed E-state index contributed by atoms with van der Waals surface area (Å²) in [5, 5.41) is 10.2. The highest BCUT2D eigenvalue weighted by Gasteiger charge is 2.67. The SMILES string of the molecule is COc1cccn(-c2cccc(CN3C(=O)[C@@]4(O[C@@H](CC(=O)N5Cc6ccccc6C[C@H]5CO)[C@H]([Si](C)(C)F)[C@H]4C)c4ccccc43)c2)c1=O. The number of hydrogen-bond acceptors (Lipinski definition) is 6. The first-order valence-corrected chi connectivity index (χ1v) is 20.0. The quantitative estimate of drug-likeness (QED) is 0.193. The summed E-state index contributed by atoms with van der Waals surface area (Å²) in [4.78, 5) is 45.2. The van der Waals surface area contributed by atoms with Gasteiger partial charge in [-0.3, -0.25) is 19.0 Å². The van der Waals surface area contributed by atoms with Crippen LogP contribution >= 0.6 is 0 Å². The van der Waals surface area contributed by atoms with Crippen molar-refractivity contribution in [3.63, 3.8) is 0 Å². The fourth-order valence-electron chi connectivity index (χ4n) is 8.51. The van der Waals surface area contributed by atoms with Crippen LogP contribution in [0.2, 0.25) is 18.6 Å². The van der Waals surface area contributed by atoms with Gasteiger partial charge < -0.3 is 28.5 Å². The number of aromatic nitrogens is 1. The first-order chi connectivity index (χ1) is 24.0. The molecule has 50 heavy (non-hydrogen) atoms. The van der Waals surface area contributed by atoms with E-state index in [2.05, 4.69) is 0 Å². The first-order valence-electron chi connectivity index (χ1n) is 17.1. The van der Waals surface area contributed by atoms with Crippen molar-refractivity contribution in [1.82, 2.24) is 9.47 Å². The zero-order chi connectivity index (χ0) is 35.4. The maximum absolute atomic E-state index is 16.4. The van der Waals surface area contributed by atoms with Crippen molar-refractivity contribution in [2.75, 3.05) is 18.6 Å². The molecular weight excluding hydrogens is 654 g/mol. The Balaban J connectivity index is 1.21. The molecule has 5 atom stereocenters. The van der Waals surface area contributed by atoms with Gasteiger partial charge in [0.15, 0.2) is 11.4 Å². The van der Waals surface area contributed by atoms with Crippen molar-refractivity contribution < 1.29 is 28.3 Å². The number of fused-ring (bicyclic) bond motifs is 3. The number of aliphatic hydroxyl groups excluding tert-OH is 1. The fourth-order valence-corrected chi connectivity index (χ4v) is 11.0. The van der Waals surface area contributed by atoms with Crippen LogP contribution in [-0.4, -0.2) is 60.7 Å². The third kappa shape index (κ3) is 5.57. The molecule has 0 bridgehead atoms. The normalized spacial score (nSPS) is 24.4. The van der Waals surface area contributed by atoms with Gasteiger partial charge in [-0.1, -0.05) is 61.5 Å². The third-order valence-corrected chi connectivity index (χ3v) is 13.2. The highest BCUT2D eigenvalue weighted by atomic mass is 28.4. The van der Waals surface area contributed by atoms with Crippen LogP contribution in [0.25, 0.3) is 5.69 Å². The van der Waals surface area contributed by atoms with E-state index >= 15 is 4.11 Å². The van der Waals surface area contributed by atoms with Gasteiger partial charge in [-0.05, 0) is 66.5 Å². The molecule has 7 rings (SSSR count). The molecule has 1 fully saturated rings. The zero-order valence-corrected chi connectivity index (χ0v) is 29.7. The van der Waals surface area contributed by atoms with Crippen LogP contribution < -0.4 is 15.2 Å². The van der Waals surface area contributed by atoms with E-state index in [1.807, 2.05) is 79.7 Å². The number of carbonyl (C=O) groups excluding carboxylic acids is 2. The minimum atomic E-state index is -3.51. The van der Waals surface area contributed by atoms with Gasteiger partial charge in [0.1, 0.15) is 0 Å². The Kier molecular flexibility index (Phi) is 8.78. The Morgan fingerprint density at radius 1 is 1.02 bits per heavy atom. The Morgan fingerprint density at radius 2 is 1.76 bits per heavy atom. The van der Waals surface area contributed by atoms with Crippen LogP contribution in [0.15, 0.2) is 95.9 Å². The molecule has 1 N–H and O–H groups in total. The van der Waals surface area contributed by atoms with E-state index in [1.54, 1.807) is 41.2 Å². The predicted octanol–water partition coefficient (Wildman–Crippen LogP) is 5.50. The number of amides is 2. The lowest BCUT2D eigenvalue weighted by Gasteiger charge is -2.37. The summed E-state index contributed by atoms with van der Waals surface area (Å²) in [6, 6.07) is 25.7. The number of ether oxygens (including phenoxy) is 2. The number of nitrogens with zero attached hydrogens (tertiary/aromatic N) is 3. The van der Waals surface area contributed by atoms with Gasteiger partial charge in [-0.25, -0.2) is 0 Å². The molecule has 0 aliphatic carbocycles. The number of anilines is 1. The second-order valence-corrected chi connectivity index (χ2v) is 17.9. The Hall–Kier alpha value is -4.58. The van der Waals surface area contributed by atoms with Crippen LogP contribution in [0.1, 0.15) is 35.6 Å². The molecule has 4 heterocycles. The largest absolute Gasteiger partial charge is 0.491 e. The highest BCUT2D eigenvalue weighted by molar-refractivity contribution is 6.72. The number of methoxy groups -OCH3 is 1. The van der Waals surface area contributed by atoms with Gasteiger partial charge in [0.25, 0.3) is 11.5 Å². The molecule has 2 amide bonds. The van der Waals surface area contributed by atoms with Crippen LogP contribution in [-0.2, 0) is 39.4 Å². The summed E-state index contributed by atoms with van der Waals surface area (Å²) >= 11 is 0. The Morgan fingerprint density at radius 3 is 2.50 bits per heavy atom. The molecule has 260 valence electrons. The van der Waals surface area contributed by atoms with Crippen molar-refractivity contribution in [3.8, 4) is 11.4 Å². The maximum atomic E-state index is 16.4. The van der Waals surface area contributed by atoms with Gasteiger partial charge in [-0.2, -0.15) is 0 Å². The molecule has 0 unspecified atom stereocenters. The van der Waals surface area contributed by atoms with Crippen LogP contribution in [0.5, 0.6) is 5.75 Å². The van der Waals surface area contributed by atoms with E-state index in [-0.39, 0.29) is 42.7 Å². The summed E-state index contributed by atoms with van der Waals surface area (Å²) in [6.45, 7) is 5.48. The van der Waals surface area contributed by atoms with Gasteiger partial charge >= 0.3 is 0 Å². The second-order valence-electron chi connectivity index (χ2n) is 14.1. The minimum Gasteiger partial charge on any atom is -0.491 e. The van der Waals surface area contributed by atoms with Gasteiger partial charge in [0, 0.05) is 35.5 Å². The zero-order valence-electron chi connectivity index (χ0n) is 28.7. The third-order valence-electron chi connectivity index (χ3n) is 10.8. The fraction of sp³-hybridized carbons (Fsp3) is 0.359. The van der Waals surface area contributed by atoms with Crippen molar-refractivity contribution in [2.24, 2.45) is 5.92 Å². The average molecular weight is 696 g/mol. The standard InChI is InChI=1S/C39H42FN3O6Si/c1-25-36(50(3,4)40)34(21-35(45)42-23-28-13-6-5-12-27(28)20-30(42)24-44)49-39(25)31-15-7-8-16-32(31)43(38(39)47)22-26-11-9-14-29(19-26)41-18-10-17-33(48-2)37(41)46/h5-19,25,30,34,36,44H,20-24H2,1-4H3/t25-,30+,34+,36-,39+/m1/s1. The molecule has 1 aromatic heterocycles. The highest BCUT2D eigenvalue weighted by Crippen LogP contribution is 2.60. The van der Waals surface area contributed by atoms with Gasteiger partial charge in [0.05, 0.1) is 44.5 Å². The smallest absolute Gasteiger partial charge is 0.297 e. The summed E-state index contributed by atoms with van der Waals surface area (Å²) in [5.74, 6) is -0.859. The molecule has 0 radical (unpaired) electrons. The number of carbonyl (C=O) groups is 2. The Bertz CT molecular complexity index is 2010. The number of benzene rings is 3. The van der Waals surface area contributed by atoms with Crippen LogP contribution in [0, 0.1) is 5.92 Å². The van der Waals surface area contributed by atoms with Crippen LogP contribution in [0.4, 0.5) is 9.80 Å². The van der Waals surface area contributed by atoms with E-state index in [0.717, 1.165) is 16.7 Å². The maximum Gasteiger partial charge on any atom is 0.297 e. The summed E-state index contributed by atoms with van der Waals surface area (Å²) in [7, 11) is -2.06. The Labute approximate surface area is 292 Å². The summed E-state index contributed by atoms with van der Waals surface area (Å²) in [6.07, 6.45) is 1.27. The molecular formula is C39H42FN3O6Si. The summed E-state index contributed by atoms with van der Waals surface area (Å²) in [5.41, 5.74) is 2.45. The van der Waals surface area contributed by atoms with Crippen molar-refractivity contribution in [2.45, 2.75) is 69.2 Å². The second kappa shape index (κ2) is 12.9. The van der Waals surface area contributed by atoms with Gasteiger partial charge in [0.2, 0.25) is 14.3 Å². The monoisotopic (exact) mass is 695 g/mol. The molecule has 4 aromatic rings. The number of aliphatic hydroxyl groups is 1. The number of para-hydroxylation sites is 1. The molecule has 3 aliphatic rings. The lowest BCUT2D eigenvalue weighted by atomic mass is 9.82. The number of hydrogen-bond donors (Lipinski definition) is 1. The molecule has 1 spiro atoms. The molecule has 1 saturated heterocycles. The van der Waals surface area contributed by atoms with Crippen molar-refractivity contribution >= 4 is 25.9 Å². The van der Waals surface area contributed by atoms with Crippen molar-refractivity contribution in [1.29, 1.82) is 0 Å². The lowest BCUT2D eigenvalue weighted by Crippen LogP contribution is -2.48. The number of pyridine rings is 1. The molecule has 0 saturated carbocycles. The van der Waals surface area contributed by atoms with E-state index in [4.69, 9.17) is 9.47 Å². The predicted molar refractivity (Wildman–Crippen MR) is 190 cm³/mol. The van der Waals surface area contributed by atoms with E-state index < -0.39 is 37.6 Å². The topological polar surface area (TPSA) is 101 Å². The number of halogens is 1. The molecule has 9 nitrogen and oxygen atoms in total. The van der Waals surface area contributed by atoms with E-state index in [0.29, 0.717) is 29.9 Å². The molecule has 3 aromatic carbocycles. The van der Waals surface area contributed by atoms with E-state index in [1.165, 1.54) is 11.7 Å². The van der Waals surface area contributed by atoms with Gasteiger partial charge in [-0.15, -0.1) is 0 Å². The first kappa shape index (κ1) is 33.9. The van der Waals surface area contributed by atoms with Crippen LogP contribution in [0.3, 0.4) is 0 Å². The van der Waals surface area contributed by atoms with Crippen molar-refractivity contribution in [3.05, 3.63) is 124 Å². The number of rotatable bonds is 8. The molecule has 11 heteroatoms. The summed E-state index contributed by atoms with van der Waals surface area (Å²) < 4.78 is 30.0. The average Bonchev–Trinajstić information content (AvgIpc) is 3.53. The van der Waals surface area contributed by atoms with E-state index in [9.17, 15) is 19.5 Å². The lowest BCUT2D eigenvalue weighted by molar-refractivity contribution is -0.151. The minimum absolute atomic E-state index is 0.0947.